The van der Waals surface area contributed by atoms with Crippen LogP contribution in [0.1, 0.15) is 17.0 Å². The predicted octanol–water partition coefficient (Wildman–Crippen LogP) is 5.23. The van der Waals surface area contributed by atoms with E-state index in [1.165, 1.54) is 4.90 Å². The normalized spacial score (nSPS) is 15.5. The molecule has 1 aliphatic heterocycles. The molecule has 0 spiro atoms. The van der Waals surface area contributed by atoms with Crippen molar-refractivity contribution in [1.82, 2.24) is 9.88 Å². The van der Waals surface area contributed by atoms with E-state index in [1.54, 1.807) is 30.3 Å². The molecular formula is C23H17Cl2N3O2S. The second-order valence-corrected chi connectivity index (χ2v) is 8.33. The molecular weight excluding hydrogens is 453 g/mol. The zero-order valence-electron chi connectivity index (χ0n) is 16.6. The number of carbonyl (C=O) groups excluding carboxylic acids is 2. The molecule has 3 aromatic rings. The molecule has 156 valence electrons. The minimum Gasteiger partial charge on any atom is -0.318 e. The standard InChI is InChI=1S/C23H17Cl2N3O2S/c1-13-11-15(14(2)27(13)18-7-3-16(24)4-8-18)12-20-21(29)26-23(31)28(22(20)30)19-9-5-17(25)6-10-19/h3-12H,1-2H3,(H,26,29,31)/b20-12+. The van der Waals surface area contributed by atoms with Gasteiger partial charge in [0.15, 0.2) is 5.11 Å². The number of hydrogen-bond acceptors (Lipinski definition) is 3. The van der Waals surface area contributed by atoms with E-state index in [9.17, 15) is 9.59 Å². The first kappa shape index (κ1) is 21.3. The molecule has 1 saturated heterocycles. The number of aryl methyl sites for hydroxylation is 1. The SMILES string of the molecule is Cc1cc(/C=C2\C(=O)NC(=S)N(c3ccc(Cl)cc3)C2=O)c(C)n1-c1ccc(Cl)cc1. The Labute approximate surface area is 194 Å². The van der Waals surface area contributed by atoms with E-state index in [1.807, 2.05) is 48.7 Å². The highest BCUT2D eigenvalue weighted by molar-refractivity contribution is 7.80. The van der Waals surface area contributed by atoms with E-state index >= 15 is 0 Å². The first-order chi connectivity index (χ1) is 14.8. The van der Waals surface area contributed by atoms with E-state index in [-0.39, 0.29) is 10.7 Å². The molecule has 5 nitrogen and oxygen atoms in total. The Balaban J connectivity index is 1.75. The number of carbonyl (C=O) groups is 2. The quantitative estimate of drug-likeness (QED) is 0.324. The lowest BCUT2D eigenvalue weighted by Gasteiger charge is -2.28. The van der Waals surface area contributed by atoms with Crippen LogP contribution in [-0.2, 0) is 9.59 Å². The minimum absolute atomic E-state index is 0.0000869. The minimum atomic E-state index is -0.531. The van der Waals surface area contributed by atoms with Crippen LogP contribution >= 0.6 is 35.4 Å². The van der Waals surface area contributed by atoms with E-state index in [2.05, 4.69) is 5.32 Å². The number of benzene rings is 2. The van der Waals surface area contributed by atoms with Crippen LogP contribution in [0.15, 0.2) is 60.2 Å². The van der Waals surface area contributed by atoms with Crippen LogP contribution < -0.4 is 10.2 Å². The Hall–Kier alpha value is -2.93. The van der Waals surface area contributed by atoms with E-state index in [4.69, 9.17) is 35.4 Å². The van der Waals surface area contributed by atoms with E-state index < -0.39 is 11.8 Å². The van der Waals surface area contributed by atoms with E-state index in [0.717, 1.165) is 22.6 Å². The summed E-state index contributed by atoms with van der Waals surface area (Å²) < 4.78 is 2.04. The lowest BCUT2D eigenvalue weighted by atomic mass is 10.1. The predicted molar refractivity (Wildman–Crippen MR) is 128 cm³/mol. The topological polar surface area (TPSA) is 54.3 Å². The van der Waals surface area contributed by atoms with Gasteiger partial charge in [0.1, 0.15) is 5.57 Å². The first-order valence-electron chi connectivity index (χ1n) is 9.38. The van der Waals surface area contributed by atoms with Crippen molar-refractivity contribution in [3.63, 3.8) is 0 Å². The summed E-state index contributed by atoms with van der Waals surface area (Å²) in [6, 6.07) is 16.1. The number of amides is 2. The molecule has 2 aromatic carbocycles. The summed E-state index contributed by atoms with van der Waals surface area (Å²) in [5.41, 5.74) is 4.07. The highest BCUT2D eigenvalue weighted by atomic mass is 35.5. The Bertz CT molecular complexity index is 1250. The van der Waals surface area contributed by atoms with Crippen LogP contribution in [0, 0.1) is 13.8 Å². The largest absolute Gasteiger partial charge is 0.318 e. The number of hydrogen-bond donors (Lipinski definition) is 1. The number of halogens is 2. The monoisotopic (exact) mass is 469 g/mol. The number of thiocarbonyl (C=S) groups is 1. The van der Waals surface area contributed by atoms with Gasteiger partial charge in [0, 0.05) is 27.1 Å². The van der Waals surface area contributed by atoms with Gasteiger partial charge in [-0.25, -0.2) is 0 Å². The van der Waals surface area contributed by atoms with Crippen LogP contribution in [0.2, 0.25) is 10.0 Å². The molecule has 2 amide bonds. The van der Waals surface area contributed by atoms with Gasteiger partial charge >= 0.3 is 0 Å². The van der Waals surface area contributed by atoms with Gasteiger partial charge in [-0.15, -0.1) is 0 Å². The maximum Gasteiger partial charge on any atom is 0.270 e. The summed E-state index contributed by atoms with van der Waals surface area (Å²) in [5.74, 6) is -1.02. The van der Waals surface area contributed by atoms with Crippen molar-refractivity contribution in [3.8, 4) is 5.69 Å². The first-order valence-corrected chi connectivity index (χ1v) is 10.5. The lowest BCUT2D eigenvalue weighted by Crippen LogP contribution is -2.54. The average molecular weight is 470 g/mol. The molecule has 0 bridgehead atoms. The Morgan fingerprint density at radius 1 is 0.903 bits per heavy atom. The Kier molecular flexibility index (Phi) is 5.71. The molecule has 1 aromatic heterocycles. The van der Waals surface area contributed by atoms with Crippen molar-refractivity contribution in [2.24, 2.45) is 0 Å². The molecule has 0 aliphatic carbocycles. The second-order valence-electron chi connectivity index (χ2n) is 7.07. The molecule has 0 radical (unpaired) electrons. The summed E-state index contributed by atoms with van der Waals surface area (Å²) in [4.78, 5) is 27.1. The third-order valence-electron chi connectivity index (χ3n) is 5.04. The van der Waals surface area contributed by atoms with Gasteiger partial charge in [0.25, 0.3) is 11.8 Å². The van der Waals surface area contributed by atoms with Gasteiger partial charge in [0.2, 0.25) is 0 Å². The van der Waals surface area contributed by atoms with Gasteiger partial charge in [-0.1, -0.05) is 23.2 Å². The Morgan fingerprint density at radius 2 is 1.45 bits per heavy atom. The molecule has 1 N–H and O–H groups in total. The van der Waals surface area contributed by atoms with E-state index in [0.29, 0.717) is 15.7 Å². The number of rotatable bonds is 3. The third kappa shape index (κ3) is 4.02. The van der Waals surface area contributed by atoms with Gasteiger partial charge in [0.05, 0.1) is 5.69 Å². The third-order valence-corrected chi connectivity index (χ3v) is 5.83. The average Bonchev–Trinajstić information content (AvgIpc) is 3.00. The van der Waals surface area contributed by atoms with Crippen molar-refractivity contribution in [1.29, 1.82) is 0 Å². The molecule has 31 heavy (non-hydrogen) atoms. The highest BCUT2D eigenvalue weighted by Crippen LogP contribution is 2.27. The van der Waals surface area contributed by atoms with Crippen LogP contribution in [0.4, 0.5) is 5.69 Å². The second kappa shape index (κ2) is 8.30. The molecule has 1 fully saturated rings. The summed E-state index contributed by atoms with van der Waals surface area (Å²) in [6.07, 6.45) is 1.59. The fourth-order valence-corrected chi connectivity index (χ4v) is 4.09. The summed E-state index contributed by atoms with van der Waals surface area (Å²) >= 11 is 17.2. The molecule has 8 heteroatoms. The Morgan fingerprint density at radius 3 is 2.03 bits per heavy atom. The van der Waals surface area contributed by atoms with Gasteiger partial charge < -0.3 is 4.57 Å². The molecule has 0 saturated carbocycles. The molecule has 1 aliphatic rings. The van der Waals surface area contributed by atoms with Gasteiger partial charge in [-0.05, 0) is 92.3 Å². The number of anilines is 1. The van der Waals surface area contributed by atoms with Crippen molar-refractivity contribution in [2.75, 3.05) is 4.90 Å². The lowest BCUT2D eigenvalue weighted by molar-refractivity contribution is -0.122. The maximum absolute atomic E-state index is 13.2. The number of nitrogens with one attached hydrogen (secondary N) is 1. The van der Waals surface area contributed by atoms with Gasteiger partial charge in [-0.2, -0.15) is 0 Å². The van der Waals surface area contributed by atoms with Crippen molar-refractivity contribution >= 4 is 64.1 Å². The highest BCUT2D eigenvalue weighted by Gasteiger charge is 2.34. The summed E-state index contributed by atoms with van der Waals surface area (Å²) in [5, 5.41) is 3.81. The molecule has 2 heterocycles. The van der Waals surface area contributed by atoms with Crippen LogP contribution in [-0.4, -0.2) is 21.5 Å². The molecule has 4 rings (SSSR count). The number of aromatic nitrogens is 1. The van der Waals surface area contributed by atoms with Crippen molar-refractivity contribution in [3.05, 3.63) is 87.2 Å². The van der Waals surface area contributed by atoms with Crippen LogP contribution in [0.25, 0.3) is 11.8 Å². The van der Waals surface area contributed by atoms with Crippen LogP contribution in [0.3, 0.4) is 0 Å². The fourth-order valence-electron chi connectivity index (χ4n) is 3.56. The van der Waals surface area contributed by atoms with Gasteiger partial charge in [-0.3, -0.25) is 19.8 Å². The molecule has 0 unspecified atom stereocenters. The molecule has 0 atom stereocenters. The summed E-state index contributed by atoms with van der Waals surface area (Å²) in [7, 11) is 0. The fraction of sp³-hybridized carbons (Fsp3) is 0.0870. The zero-order valence-corrected chi connectivity index (χ0v) is 19.0. The van der Waals surface area contributed by atoms with Crippen molar-refractivity contribution in [2.45, 2.75) is 13.8 Å². The zero-order chi connectivity index (χ0) is 22.3. The maximum atomic E-state index is 13.2. The van der Waals surface area contributed by atoms with Crippen LogP contribution in [0.5, 0.6) is 0 Å². The number of nitrogens with zero attached hydrogens (tertiary/aromatic N) is 2. The summed E-state index contributed by atoms with van der Waals surface area (Å²) in [6.45, 7) is 3.89. The smallest absolute Gasteiger partial charge is 0.270 e. The van der Waals surface area contributed by atoms with Crippen molar-refractivity contribution < 1.29 is 9.59 Å².